The standard InChI is InChI=1S/C19H21F3N2O4S/c1-3-17(25)24-15-9-10-16(13(2)11-15)29(27,28)23-12-18(26,19(20,21)22)14-7-5-4-6-8-14/h4-11,23,26H,3,12H2,1-2H3,(H,24,25)/t18-/m0/s1. The number of aryl methyl sites for hydroxylation is 1. The van der Waals surface area contributed by atoms with Gasteiger partial charge in [0.25, 0.3) is 0 Å². The van der Waals surface area contributed by atoms with Crippen molar-refractivity contribution in [3.05, 3.63) is 59.7 Å². The third-order valence-corrected chi connectivity index (χ3v) is 5.87. The highest BCUT2D eigenvalue weighted by molar-refractivity contribution is 7.89. The predicted molar refractivity (Wildman–Crippen MR) is 102 cm³/mol. The Hall–Kier alpha value is -2.43. The minimum absolute atomic E-state index is 0.224. The predicted octanol–water partition coefficient (Wildman–Crippen LogP) is 3.07. The van der Waals surface area contributed by atoms with Crippen LogP contribution >= 0.6 is 0 Å². The number of nitrogens with one attached hydrogen (secondary N) is 2. The quantitative estimate of drug-likeness (QED) is 0.629. The highest BCUT2D eigenvalue weighted by Gasteiger charge is 2.55. The molecule has 0 aromatic heterocycles. The van der Waals surface area contributed by atoms with Gasteiger partial charge in [0, 0.05) is 12.1 Å². The number of hydrogen-bond acceptors (Lipinski definition) is 4. The zero-order valence-corrected chi connectivity index (χ0v) is 16.6. The minimum Gasteiger partial charge on any atom is -0.375 e. The van der Waals surface area contributed by atoms with Crippen molar-refractivity contribution in [2.24, 2.45) is 0 Å². The van der Waals surface area contributed by atoms with Crippen molar-refractivity contribution in [1.29, 1.82) is 0 Å². The van der Waals surface area contributed by atoms with E-state index in [1.165, 1.54) is 43.3 Å². The van der Waals surface area contributed by atoms with Gasteiger partial charge in [0.2, 0.25) is 15.9 Å². The molecule has 2 aromatic carbocycles. The number of amides is 1. The summed E-state index contributed by atoms with van der Waals surface area (Å²) in [7, 11) is -4.37. The van der Waals surface area contributed by atoms with E-state index in [1.807, 2.05) is 4.72 Å². The van der Waals surface area contributed by atoms with Crippen LogP contribution in [0.15, 0.2) is 53.4 Å². The molecule has 0 saturated carbocycles. The Kier molecular flexibility index (Phi) is 6.71. The van der Waals surface area contributed by atoms with E-state index in [-0.39, 0.29) is 22.8 Å². The number of alkyl halides is 3. The Morgan fingerprint density at radius 2 is 1.72 bits per heavy atom. The molecule has 0 fully saturated rings. The van der Waals surface area contributed by atoms with Gasteiger partial charge in [-0.2, -0.15) is 13.2 Å². The molecule has 0 heterocycles. The molecule has 0 bridgehead atoms. The summed E-state index contributed by atoms with van der Waals surface area (Å²) in [6.45, 7) is 1.80. The van der Waals surface area contributed by atoms with Crippen LogP contribution in [0.1, 0.15) is 24.5 Å². The molecular formula is C19H21F3N2O4S. The lowest BCUT2D eigenvalue weighted by molar-refractivity contribution is -0.263. The van der Waals surface area contributed by atoms with Gasteiger partial charge in [-0.05, 0) is 36.2 Å². The van der Waals surface area contributed by atoms with E-state index in [4.69, 9.17) is 0 Å². The summed E-state index contributed by atoms with van der Waals surface area (Å²) in [6, 6.07) is 10.2. The maximum absolute atomic E-state index is 13.5. The average Bonchev–Trinajstić information content (AvgIpc) is 2.65. The second kappa shape index (κ2) is 8.52. The summed E-state index contributed by atoms with van der Waals surface area (Å²) in [5.41, 5.74) is -3.29. The van der Waals surface area contributed by atoms with Crippen molar-refractivity contribution in [2.45, 2.75) is 36.9 Å². The first-order valence-corrected chi connectivity index (χ1v) is 10.1. The first-order chi connectivity index (χ1) is 13.4. The Morgan fingerprint density at radius 3 is 2.24 bits per heavy atom. The van der Waals surface area contributed by atoms with E-state index in [1.54, 1.807) is 6.92 Å². The highest BCUT2D eigenvalue weighted by Crippen LogP contribution is 2.38. The van der Waals surface area contributed by atoms with E-state index in [2.05, 4.69) is 5.32 Å². The van der Waals surface area contributed by atoms with Gasteiger partial charge in [-0.3, -0.25) is 4.79 Å². The Bertz CT molecular complexity index is 979. The minimum atomic E-state index is -5.11. The Morgan fingerprint density at radius 1 is 1.10 bits per heavy atom. The Balaban J connectivity index is 2.29. The summed E-state index contributed by atoms with van der Waals surface area (Å²) in [5, 5.41) is 12.8. The molecule has 2 aromatic rings. The molecule has 0 aliphatic carbocycles. The maximum Gasteiger partial charge on any atom is 0.422 e. The summed E-state index contributed by atoms with van der Waals surface area (Å²) >= 11 is 0. The zero-order chi connectivity index (χ0) is 21.9. The van der Waals surface area contributed by atoms with Crippen LogP contribution in [0, 0.1) is 6.92 Å². The largest absolute Gasteiger partial charge is 0.422 e. The second-order valence-electron chi connectivity index (χ2n) is 6.43. The molecule has 10 heteroatoms. The van der Waals surface area contributed by atoms with Crippen molar-refractivity contribution < 1.29 is 31.5 Å². The molecule has 0 aliphatic heterocycles. The van der Waals surface area contributed by atoms with Crippen molar-refractivity contribution in [1.82, 2.24) is 4.72 Å². The molecule has 29 heavy (non-hydrogen) atoms. The number of sulfonamides is 1. The van der Waals surface area contributed by atoms with Gasteiger partial charge in [0.15, 0.2) is 5.60 Å². The highest BCUT2D eigenvalue weighted by atomic mass is 32.2. The molecule has 0 saturated heterocycles. The fourth-order valence-corrected chi connectivity index (χ4v) is 3.92. The van der Waals surface area contributed by atoms with Crippen LogP contribution in [-0.4, -0.2) is 32.2 Å². The number of anilines is 1. The van der Waals surface area contributed by atoms with Crippen LogP contribution < -0.4 is 10.0 Å². The van der Waals surface area contributed by atoms with Crippen molar-refractivity contribution in [3.63, 3.8) is 0 Å². The number of halogens is 3. The van der Waals surface area contributed by atoms with Crippen LogP contribution in [0.3, 0.4) is 0 Å². The first-order valence-electron chi connectivity index (χ1n) is 8.65. The van der Waals surface area contributed by atoms with Gasteiger partial charge in [-0.15, -0.1) is 0 Å². The lowest BCUT2D eigenvalue weighted by Gasteiger charge is -2.31. The number of benzene rings is 2. The second-order valence-corrected chi connectivity index (χ2v) is 8.17. The SMILES string of the molecule is CCC(=O)Nc1ccc(S(=O)(=O)NC[C@](O)(c2ccccc2)C(F)(F)F)c(C)c1. The Labute approximate surface area is 166 Å². The van der Waals surface area contributed by atoms with Crippen molar-refractivity contribution in [3.8, 4) is 0 Å². The van der Waals surface area contributed by atoms with Crippen LogP contribution in [0.5, 0.6) is 0 Å². The molecule has 1 amide bonds. The number of aliphatic hydroxyl groups is 1. The number of hydrogen-bond donors (Lipinski definition) is 3. The summed E-state index contributed by atoms with van der Waals surface area (Å²) in [6.07, 6.45) is -4.88. The first kappa shape index (κ1) is 22.9. The third-order valence-electron chi connectivity index (χ3n) is 4.31. The van der Waals surface area contributed by atoms with Gasteiger partial charge in [-0.25, -0.2) is 13.1 Å². The molecule has 3 N–H and O–H groups in total. The molecule has 6 nitrogen and oxygen atoms in total. The van der Waals surface area contributed by atoms with E-state index < -0.39 is 33.9 Å². The molecule has 158 valence electrons. The van der Waals surface area contributed by atoms with Gasteiger partial charge >= 0.3 is 6.18 Å². The zero-order valence-electron chi connectivity index (χ0n) is 15.7. The van der Waals surface area contributed by atoms with Crippen LogP contribution in [0.25, 0.3) is 0 Å². The molecule has 0 unspecified atom stereocenters. The van der Waals surface area contributed by atoms with Gasteiger partial charge in [0.1, 0.15) is 0 Å². The normalized spacial score (nSPS) is 14.3. The summed E-state index contributed by atoms with van der Waals surface area (Å²) in [4.78, 5) is 11.2. The fraction of sp³-hybridized carbons (Fsp3) is 0.316. The topological polar surface area (TPSA) is 95.5 Å². The van der Waals surface area contributed by atoms with E-state index >= 15 is 0 Å². The average molecular weight is 430 g/mol. The van der Waals surface area contributed by atoms with Gasteiger partial charge in [-0.1, -0.05) is 37.3 Å². The van der Waals surface area contributed by atoms with Crippen LogP contribution in [-0.2, 0) is 20.4 Å². The molecular weight excluding hydrogens is 409 g/mol. The maximum atomic E-state index is 13.5. The van der Waals surface area contributed by atoms with E-state index in [0.717, 1.165) is 12.1 Å². The molecule has 0 radical (unpaired) electrons. The molecule has 0 spiro atoms. The lowest BCUT2D eigenvalue weighted by atomic mass is 9.93. The fourth-order valence-electron chi connectivity index (χ4n) is 2.64. The van der Waals surface area contributed by atoms with E-state index in [0.29, 0.717) is 5.69 Å². The van der Waals surface area contributed by atoms with Crippen LogP contribution in [0.4, 0.5) is 18.9 Å². The van der Waals surface area contributed by atoms with Gasteiger partial charge in [0.05, 0.1) is 11.4 Å². The molecule has 1 atom stereocenters. The number of carbonyl (C=O) groups excluding carboxylic acids is 1. The number of carbonyl (C=O) groups is 1. The smallest absolute Gasteiger partial charge is 0.375 e. The van der Waals surface area contributed by atoms with Crippen LogP contribution in [0.2, 0.25) is 0 Å². The molecule has 0 aliphatic rings. The lowest BCUT2D eigenvalue weighted by Crippen LogP contribution is -2.51. The molecule has 2 rings (SSSR count). The summed E-state index contributed by atoms with van der Waals surface area (Å²) < 4.78 is 67.6. The number of rotatable bonds is 7. The monoisotopic (exact) mass is 430 g/mol. The van der Waals surface area contributed by atoms with Gasteiger partial charge < -0.3 is 10.4 Å². The summed E-state index contributed by atoms with van der Waals surface area (Å²) in [5.74, 6) is -0.267. The van der Waals surface area contributed by atoms with Crippen molar-refractivity contribution in [2.75, 3.05) is 11.9 Å². The van der Waals surface area contributed by atoms with Crippen molar-refractivity contribution >= 4 is 21.6 Å². The van der Waals surface area contributed by atoms with E-state index in [9.17, 15) is 31.5 Å². The third kappa shape index (κ3) is 5.14.